The molecule has 2 heterocycles. The van der Waals surface area contributed by atoms with E-state index in [1.54, 1.807) is 0 Å². The van der Waals surface area contributed by atoms with Crippen molar-refractivity contribution in [3.63, 3.8) is 0 Å². The van der Waals surface area contributed by atoms with Gasteiger partial charge in [-0.1, -0.05) is 188 Å². The summed E-state index contributed by atoms with van der Waals surface area (Å²) in [6, 6.07) is 87.0. The maximum absolute atomic E-state index is 9.66. The molecule has 342 valence electrons. The first-order valence-electron chi connectivity index (χ1n) is 24.8. The topological polar surface area (TPSA) is 80.6 Å². The highest BCUT2D eigenvalue weighted by atomic mass is 15.1. The van der Waals surface area contributed by atoms with Gasteiger partial charge in [-0.2, -0.15) is 0 Å². The van der Waals surface area contributed by atoms with Crippen LogP contribution < -0.4 is 4.90 Å². The van der Waals surface area contributed by atoms with Gasteiger partial charge in [-0.3, -0.25) is 0 Å². The summed E-state index contributed by atoms with van der Waals surface area (Å²) in [5.41, 5.74) is 10.1. The van der Waals surface area contributed by atoms with Gasteiger partial charge in [0.1, 0.15) is 0 Å². The minimum absolute atomic E-state index is 0.418. The third-order valence-corrected chi connectivity index (χ3v) is 13.2. The molecule has 0 radical (unpaired) electrons. The zero-order chi connectivity index (χ0) is 49.4. The first kappa shape index (κ1) is 41.9. The highest BCUT2D eigenvalue weighted by molar-refractivity contribution is 6.14. The van der Waals surface area contributed by atoms with Crippen molar-refractivity contribution in [1.29, 1.82) is 0 Å². The smallest absolute Gasteiger partial charge is 0.164 e. The van der Waals surface area contributed by atoms with Crippen LogP contribution in [-0.2, 0) is 0 Å². The van der Waals surface area contributed by atoms with Gasteiger partial charge in [-0.05, 0) is 116 Å². The minimum Gasteiger partial charge on any atom is -0.310 e. The van der Waals surface area contributed by atoms with Crippen LogP contribution in [0.15, 0.2) is 261 Å². The number of anilines is 3. The second-order valence-corrected chi connectivity index (χ2v) is 17.9. The molecular weight excluding hydrogens is 891 g/mol. The van der Waals surface area contributed by atoms with Crippen molar-refractivity contribution in [3.05, 3.63) is 261 Å². The molecule has 7 nitrogen and oxygen atoms in total. The lowest BCUT2D eigenvalue weighted by Crippen LogP contribution is -2.10. The van der Waals surface area contributed by atoms with Gasteiger partial charge in [0, 0.05) is 50.4 Å². The monoisotopic (exact) mass is 934 g/mol. The van der Waals surface area contributed by atoms with E-state index in [9.17, 15) is 1.37 Å². The number of benzene rings is 11. The molecule has 0 aliphatic carbocycles. The summed E-state index contributed by atoms with van der Waals surface area (Å²) in [7, 11) is 0. The molecule has 0 aliphatic heterocycles. The van der Waals surface area contributed by atoms with E-state index >= 15 is 0 Å². The second kappa shape index (κ2) is 18.7. The number of rotatable bonds is 10. The molecule has 0 spiro atoms. The Labute approximate surface area is 423 Å². The van der Waals surface area contributed by atoms with Crippen LogP contribution in [0.2, 0.25) is 0 Å². The van der Waals surface area contributed by atoms with E-state index in [1.807, 2.05) is 127 Å². The molecule has 13 aromatic rings. The van der Waals surface area contributed by atoms with Crippen LogP contribution >= 0.6 is 0 Å². The molecule has 0 fully saturated rings. The van der Waals surface area contributed by atoms with Gasteiger partial charge in [0.2, 0.25) is 0 Å². The zero-order valence-corrected chi connectivity index (χ0v) is 39.4. The van der Waals surface area contributed by atoms with Crippen molar-refractivity contribution >= 4 is 49.4 Å². The summed E-state index contributed by atoms with van der Waals surface area (Å²) >= 11 is 0. The van der Waals surface area contributed by atoms with Crippen molar-refractivity contribution in [2.45, 2.75) is 0 Å². The van der Waals surface area contributed by atoms with Gasteiger partial charge in [0.25, 0.3) is 0 Å². The fourth-order valence-electron chi connectivity index (χ4n) is 9.59. The van der Waals surface area contributed by atoms with Gasteiger partial charge in [0.05, 0.1) is 1.37 Å². The van der Waals surface area contributed by atoms with Gasteiger partial charge in [0.15, 0.2) is 34.9 Å². The van der Waals surface area contributed by atoms with E-state index in [0.717, 1.165) is 72.3 Å². The van der Waals surface area contributed by atoms with E-state index in [2.05, 4.69) is 132 Å². The molecule has 0 N–H and O–H groups in total. The molecular formula is C66H43N7. The molecule has 0 saturated carbocycles. The quantitative estimate of drug-likeness (QED) is 0.126. The molecule has 0 atom stereocenters. The van der Waals surface area contributed by atoms with Crippen LogP contribution in [0.3, 0.4) is 0 Å². The van der Waals surface area contributed by atoms with Crippen LogP contribution in [0.4, 0.5) is 17.1 Å². The summed E-state index contributed by atoms with van der Waals surface area (Å²) in [6.07, 6.45) is 0. The molecule has 0 bridgehead atoms. The van der Waals surface area contributed by atoms with Crippen LogP contribution in [0.25, 0.3) is 112 Å². The van der Waals surface area contributed by atoms with Crippen LogP contribution in [0.1, 0.15) is 1.37 Å². The summed E-state index contributed by atoms with van der Waals surface area (Å²) in [5, 5.41) is 6.62. The second-order valence-electron chi connectivity index (χ2n) is 17.9. The van der Waals surface area contributed by atoms with Crippen molar-refractivity contribution in [3.8, 4) is 79.5 Å². The van der Waals surface area contributed by atoms with Gasteiger partial charge < -0.3 is 4.90 Å². The third-order valence-electron chi connectivity index (χ3n) is 13.2. The Morgan fingerprint density at radius 2 is 0.616 bits per heavy atom. The van der Waals surface area contributed by atoms with Crippen molar-refractivity contribution in [1.82, 2.24) is 29.9 Å². The van der Waals surface area contributed by atoms with Crippen molar-refractivity contribution in [2.75, 3.05) is 4.90 Å². The fraction of sp³-hybridized carbons (Fsp3) is 0. The Kier molecular flexibility index (Phi) is 10.8. The number of hydrogen-bond acceptors (Lipinski definition) is 7. The van der Waals surface area contributed by atoms with E-state index in [1.165, 1.54) is 21.5 Å². The average Bonchev–Trinajstić information content (AvgIpc) is 3.48. The number of aromatic nitrogens is 6. The highest BCUT2D eigenvalue weighted by Gasteiger charge is 2.19. The molecule has 13 rings (SSSR count). The number of hydrogen-bond donors (Lipinski definition) is 0. The SMILES string of the molecule is [2H]c1cc(N(c2ccc(-c3nc(-c4ccccc4)nc(-c4ccccc4)n3)cc2)c2ccc(-c3nc(-c4ccccc4)nc(-c4ccccc4)n3)cc2)cc2ccc(-c3cc4ccccc4c4ccccc34)cc12. The molecule has 11 aromatic carbocycles. The predicted molar refractivity (Wildman–Crippen MR) is 298 cm³/mol. The fourth-order valence-corrected chi connectivity index (χ4v) is 9.59. The van der Waals surface area contributed by atoms with Gasteiger partial charge in [-0.15, -0.1) is 0 Å². The Bertz CT molecular complexity index is 3890. The molecule has 0 saturated heterocycles. The lowest BCUT2D eigenvalue weighted by molar-refractivity contribution is 1.07. The van der Waals surface area contributed by atoms with E-state index in [-0.39, 0.29) is 0 Å². The van der Waals surface area contributed by atoms with Crippen LogP contribution in [-0.4, -0.2) is 29.9 Å². The maximum atomic E-state index is 9.66. The molecule has 7 heteroatoms. The number of fused-ring (bicyclic) bond motifs is 4. The lowest BCUT2D eigenvalue weighted by atomic mass is 9.92. The molecule has 0 aliphatic rings. The Morgan fingerprint density at radius 3 is 1.07 bits per heavy atom. The third kappa shape index (κ3) is 8.51. The summed E-state index contributed by atoms with van der Waals surface area (Å²) < 4.78 is 9.66. The summed E-state index contributed by atoms with van der Waals surface area (Å²) in [6.45, 7) is 0. The Morgan fingerprint density at radius 1 is 0.247 bits per heavy atom. The summed E-state index contributed by atoms with van der Waals surface area (Å²) in [4.78, 5) is 32.1. The van der Waals surface area contributed by atoms with Crippen molar-refractivity contribution in [2.24, 2.45) is 0 Å². The standard InChI is InChI=1S/C66H43N7/c1-5-17-44(18-6-1)61-67-62(45-19-7-2-8-20-45)70-65(69-61)48-31-36-54(37-32-48)73(55-38-33-49(34-39-55)66-71-63(46-21-9-3-10-22-46)68-64(72-66)47-23-11-4-12-24-47)56-40-35-50-41-53(30-29-51(50)42-56)60-43-52-25-13-14-26-57(52)58-27-15-16-28-59(58)60/h1-43H/i35D. The first-order valence-corrected chi connectivity index (χ1v) is 24.3. The lowest BCUT2D eigenvalue weighted by Gasteiger charge is -2.26. The summed E-state index contributed by atoms with van der Waals surface area (Å²) in [5.74, 6) is 3.53. The molecule has 0 unspecified atom stereocenters. The molecule has 0 amide bonds. The highest BCUT2D eigenvalue weighted by Crippen LogP contribution is 2.40. The maximum Gasteiger partial charge on any atom is 0.164 e. The van der Waals surface area contributed by atoms with E-state index in [4.69, 9.17) is 29.9 Å². The Hall–Kier alpha value is -9.98. The van der Waals surface area contributed by atoms with Crippen LogP contribution in [0.5, 0.6) is 0 Å². The normalized spacial score (nSPS) is 11.5. The largest absolute Gasteiger partial charge is 0.310 e. The Balaban J connectivity index is 0.926. The molecule has 73 heavy (non-hydrogen) atoms. The van der Waals surface area contributed by atoms with Crippen molar-refractivity contribution < 1.29 is 1.37 Å². The van der Waals surface area contributed by atoms with Gasteiger partial charge >= 0.3 is 0 Å². The predicted octanol–water partition coefficient (Wildman–Crippen LogP) is 16.7. The van der Waals surface area contributed by atoms with E-state index < -0.39 is 0 Å². The van der Waals surface area contributed by atoms with Gasteiger partial charge in [-0.25, -0.2) is 29.9 Å². The van der Waals surface area contributed by atoms with Crippen LogP contribution in [0, 0.1) is 0 Å². The molecule has 2 aromatic heterocycles. The van der Waals surface area contributed by atoms with E-state index in [0.29, 0.717) is 41.0 Å². The minimum atomic E-state index is 0.418. The first-order chi connectivity index (χ1) is 36.6. The zero-order valence-electron chi connectivity index (χ0n) is 40.4. The average molecular weight is 935 g/mol. The number of nitrogens with zero attached hydrogens (tertiary/aromatic N) is 7.